The average molecular weight is 465 g/mol. The number of nitrogens with zero attached hydrogens (tertiary/aromatic N) is 1. The van der Waals surface area contributed by atoms with Gasteiger partial charge in [0, 0.05) is 20.1 Å². The number of ether oxygens (including phenoxy) is 1. The van der Waals surface area contributed by atoms with E-state index in [2.05, 4.69) is 52.0 Å². The van der Waals surface area contributed by atoms with E-state index in [1.807, 2.05) is 6.07 Å². The molecule has 2 unspecified atom stereocenters. The number of rotatable bonds is 2. The molecule has 0 saturated carbocycles. The number of hydrogen-bond acceptors (Lipinski definition) is 3. The molecule has 2 aliphatic rings. The van der Waals surface area contributed by atoms with Gasteiger partial charge in [-0.1, -0.05) is 34.5 Å². The van der Waals surface area contributed by atoms with Crippen molar-refractivity contribution in [2.45, 2.75) is 32.0 Å². The number of anilines is 1. The second kappa shape index (κ2) is 6.50. The summed E-state index contributed by atoms with van der Waals surface area (Å²) in [5.74, 6) is 0.239. The Bertz CT molecular complexity index is 1050. The van der Waals surface area contributed by atoms with Crippen molar-refractivity contribution < 1.29 is 9.13 Å². The number of halogens is 3. The molecule has 0 N–H and O–H groups in total. The predicted molar refractivity (Wildman–Crippen MR) is 112 cm³/mol. The molecule has 138 valence electrons. The Morgan fingerprint density at radius 2 is 2.11 bits per heavy atom. The molecular weight excluding hydrogens is 449 g/mol. The van der Waals surface area contributed by atoms with Crippen LogP contribution in [0.25, 0.3) is 0 Å². The summed E-state index contributed by atoms with van der Waals surface area (Å²) in [5, 5.41) is 0.358. The van der Waals surface area contributed by atoms with Crippen molar-refractivity contribution >= 4 is 44.6 Å². The fraction of sp³-hybridized carbons (Fsp3) is 0.238. The Morgan fingerprint density at radius 1 is 1.26 bits per heavy atom. The van der Waals surface area contributed by atoms with Gasteiger partial charge in [-0.3, -0.25) is 0 Å². The third-order valence-electron chi connectivity index (χ3n) is 5.22. The van der Waals surface area contributed by atoms with E-state index < -0.39 is 0 Å². The van der Waals surface area contributed by atoms with Gasteiger partial charge >= 0.3 is 0 Å². The molecular formula is C21H16BrClFNOS. The van der Waals surface area contributed by atoms with Gasteiger partial charge in [0.15, 0.2) is 0 Å². The topological polar surface area (TPSA) is 12.5 Å². The summed E-state index contributed by atoms with van der Waals surface area (Å²) in [7, 11) is 0. The number of thiophene rings is 1. The lowest BCUT2D eigenvalue weighted by Gasteiger charge is -2.40. The monoisotopic (exact) mass is 463 g/mol. The standard InChI is InChI=1S/C21H16BrClFNOS/c1-2-14-4-6-19(27-14)21-25-16-5-3-12(22)7-11(16)8-17(25)20-15(24)9-13(23)10-18(20)26-21/h3-7,9-10,17,21H,2,8H2,1H3. The summed E-state index contributed by atoms with van der Waals surface area (Å²) in [6.45, 7) is 2.15. The summed E-state index contributed by atoms with van der Waals surface area (Å²) in [6, 6.07) is 13.5. The molecule has 0 amide bonds. The van der Waals surface area contributed by atoms with Crippen LogP contribution in [0.5, 0.6) is 5.75 Å². The fourth-order valence-electron chi connectivity index (χ4n) is 4.05. The second-order valence-electron chi connectivity index (χ2n) is 6.83. The fourth-order valence-corrected chi connectivity index (χ4v) is 5.63. The van der Waals surface area contributed by atoms with Gasteiger partial charge in [-0.25, -0.2) is 4.39 Å². The van der Waals surface area contributed by atoms with Crippen LogP contribution in [0, 0.1) is 5.82 Å². The molecule has 0 fully saturated rings. The molecule has 2 nitrogen and oxygen atoms in total. The Labute approximate surface area is 174 Å². The predicted octanol–water partition coefficient (Wildman–Crippen LogP) is 7.06. The molecule has 0 radical (unpaired) electrons. The Morgan fingerprint density at radius 3 is 2.89 bits per heavy atom. The van der Waals surface area contributed by atoms with Gasteiger partial charge in [-0.05, 0) is 60.9 Å². The summed E-state index contributed by atoms with van der Waals surface area (Å²) >= 11 is 11.4. The maximum absolute atomic E-state index is 14.9. The first-order valence-electron chi connectivity index (χ1n) is 8.86. The van der Waals surface area contributed by atoms with Gasteiger partial charge in [0.2, 0.25) is 6.23 Å². The summed E-state index contributed by atoms with van der Waals surface area (Å²) < 4.78 is 22.2. The van der Waals surface area contributed by atoms with Gasteiger partial charge in [0.1, 0.15) is 11.6 Å². The maximum atomic E-state index is 14.9. The Kier molecular flexibility index (Phi) is 4.22. The smallest absolute Gasteiger partial charge is 0.208 e. The molecule has 6 heteroatoms. The molecule has 1 aromatic heterocycles. The lowest BCUT2D eigenvalue weighted by molar-refractivity contribution is 0.168. The van der Waals surface area contributed by atoms with Crippen LogP contribution in [0.2, 0.25) is 5.02 Å². The molecule has 3 heterocycles. The summed E-state index contributed by atoms with van der Waals surface area (Å²) in [5.41, 5.74) is 2.88. The van der Waals surface area contributed by atoms with Crippen LogP contribution < -0.4 is 9.64 Å². The van der Waals surface area contributed by atoms with E-state index in [-0.39, 0.29) is 18.1 Å². The third-order valence-corrected chi connectivity index (χ3v) is 7.20. The minimum absolute atomic E-state index is 0.104. The number of aryl methyl sites for hydroxylation is 1. The normalized spacial score (nSPS) is 20.1. The van der Waals surface area contributed by atoms with Gasteiger partial charge in [0.05, 0.1) is 16.5 Å². The average Bonchev–Trinajstić information content (AvgIpc) is 3.24. The van der Waals surface area contributed by atoms with Crippen LogP contribution in [-0.4, -0.2) is 0 Å². The molecule has 27 heavy (non-hydrogen) atoms. The van der Waals surface area contributed by atoms with E-state index in [1.54, 1.807) is 17.4 Å². The molecule has 2 atom stereocenters. The largest absolute Gasteiger partial charge is 0.465 e. The molecule has 0 spiro atoms. The van der Waals surface area contributed by atoms with E-state index in [9.17, 15) is 4.39 Å². The molecule has 3 aromatic rings. The zero-order chi connectivity index (χ0) is 18.7. The van der Waals surface area contributed by atoms with Gasteiger partial charge in [-0.15, -0.1) is 11.3 Å². The first-order valence-corrected chi connectivity index (χ1v) is 10.8. The van der Waals surface area contributed by atoms with Crippen LogP contribution in [0.1, 0.15) is 40.1 Å². The van der Waals surface area contributed by atoms with Crippen molar-refractivity contribution in [2.75, 3.05) is 4.90 Å². The van der Waals surface area contributed by atoms with Crippen molar-refractivity contribution in [3.8, 4) is 5.75 Å². The minimum atomic E-state index is -0.307. The highest BCUT2D eigenvalue weighted by Crippen LogP contribution is 2.53. The van der Waals surface area contributed by atoms with E-state index in [0.29, 0.717) is 16.3 Å². The van der Waals surface area contributed by atoms with Crippen molar-refractivity contribution in [2.24, 2.45) is 0 Å². The van der Waals surface area contributed by atoms with E-state index in [4.69, 9.17) is 16.3 Å². The van der Waals surface area contributed by atoms with Gasteiger partial charge in [0.25, 0.3) is 0 Å². The highest BCUT2D eigenvalue weighted by molar-refractivity contribution is 9.10. The number of hydrogen-bond donors (Lipinski definition) is 0. The lowest BCUT2D eigenvalue weighted by atomic mass is 9.99. The van der Waals surface area contributed by atoms with Crippen LogP contribution >= 0.6 is 38.9 Å². The lowest BCUT2D eigenvalue weighted by Crippen LogP contribution is -2.37. The van der Waals surface area contributed by atoms with Crippen LogP contribution in [-0.2, 0) is 12.8 Å². The van der Waals surface area contributed by atoms with Gasteiger partial charge < -0.3 is 9.64 Å². The van der Waals surface area contributed by atoms with E-state index >= 15 is 0 Å². The highest BCUT2D eigenvalue weighted by Gasteiger charge is 2.44. The minimum Gasteiger partial charge on any atom is -0.465 e. The maximum Gasteiger partial charge on any atom is 0.208 e. The molecule has 2 aromatic carbocycles. The number of benzene rings is 2. The Hall–Kier alpha value is -1.56. The van der Waals surface area contributed by atoms with E-state index in [1.165, 1.54) is 16.5 Å². The SMILES string of the molecule is CCc1ccc(C2Oc3cc(Cl)cc(F)c3C3Cc4cc(Br)ccc4N32)s1. The highest BCUT2D eigenvalue weighted by atomic mass is 79.9. The van der Waals surface area contributed by atoms with Crippen molar-refractivity contribution in [3.63, 3.8) is 0 Å². The Balaban J connectivity index is 1.70. The van der Waals surface area contributed by atoms with Crippen molar-refractivity contribution in [1.82, 2.24) is 0 Å². The van der Waals surface area contributed by atoms with Gasteiger partial charge in [-0.2, -0.15) is 0 Å². The molecule has 2 aliphatic heterocycles. The summed E-state index contributed by atoms with van der Waals surface area (Å²) in [6.07, 6.45) is 1.45. The van der Waals surface area contributed by atoms with Crippen LogP contribution in [0.3, 0.4) is 0 Å². The zero-order valence-corrected chi connectivity index (χ0v) is 17.7. The first kappa shape index (κ1) is 17.5. The van der Waals surface area contributed by atoms with Crippen molar-refractivity contribution in [3.05, 3.63) is 78.7 Å². The third kappa shape index (κ3) is 2.79. The van der Waals surface area contributed by atoms with E-state index in [0.717, 1.165) is 27.9 Å². The molecule has 0 aliphatic carbocycles. The van der Waals surface area contributed by atoms with Crippen LogP contribution in [0.4, 0.5) is 10.1 Å². The molecule has 0 bridgehead atoms. The van der Waals surface area contributed by atoms with Crippen molar-refractivity contribution in [1.29, 1.82) is 0 Å². The first-order chi connectivity index (χ1) is 13.0. The molecule has 0 saturated heterocycles. The van der Waals surface area contributed by atoms with Crippen LogP contribution in [0.15, 0.2) is 46.9 Å². The quantitative estimate of drug-likeness (QED) is 0.402. The zero-order valence-electron chi connectivity index (χ0n) is 14.5. The number of fused-ring (bicyclic) bond motifs is 5. The summed E-state index contributed by atoms with van der Waals surface area (Å²) in [4.78, 5) is 4.65. The molecule has 5 rings (SSSR count). The second-order valence-corrected chi connectivity index (χ2v) is 9.38.